The molecule has 0 radical (unpaired) electrons. The molecule has 7 nitrogen and oxygen atoms in total. The van der Waals surface area contributed by atoms with Gasteiger partial charge in [0.05, 0.1) is 17.4 Å². The molecular formula is C24H26F2N4O3. The summed E-state index contributed by atoms with van der Waals surface area (Å²) in [6.45, 7) is 4.39. The molecule has 2 aliphatic rings. The summed E-state index contributed by atoms with van der Waals surface area (Å²) in [5.74, 6) is 0.167. The van der Waals surface area contributed by atoms with Gasteiger partial charge < -0.3 is 24.3 Å². The molecule has 1 fully saturated rings. The predicted molar refractivity (Wildman–Crippen MR) is 120 cm³/mol. The molecule has 174 valence electrons. The number of likely N-dealkylation sites (tertiary alicyclic amines) is 1. The van der Waals surface area contributed by atoms with Crippen molar-refractivity contribution in [2.45, 2.75) is 32.0 Å². The van der Waals surface area contributed by atoms with Gasteiger partial charge in [-0.15, -0.1) is 0 Å². The minimum Gasteiger partial charge on any atom is -0.486 e. The van der Waals surface area contributed by atoms with Gasteiger partial charge in [-0.2, -0.15) is 0 Å². The number of hydrogen-bond donors (Lipinski definition) is 1. The maximum atomic E-state index is 14.1. The molecule has 4 heterocycles. The summed E-state index contributed by atoms with van der Waals surface area (Å²) in [7, 11) is 0. The Labute approximate surface area is 189 Å². The Hall–Kier alpha value is -3.04. The number of halogens is 2. The van der Waals surface area contributed by atoms with Gasteiger partial charge >= 0.3 is 0 Å². The van der Waals surface area contributed by atoms with E-state index in [0.717, 1.165) is 37.4 Å². The van der Waals surface area contributed by atoms with Crippen LogP contribution >= 0.6 is 0 Å². The van der Waals surface area contributed by atoms with Gasteiger partial charge in [0.1, 0.15) is 19.0 Å². The van der Waals surface area contributed by atoms with E-state index in [1.54, 1.807) is 6.20 Å². The van der Waals surface area contributed by atoms with E-state index in [0.29, 0.717) is 55.5 Å². The van der Waals surface area contributed by atoms with Crippen LogP contribution in [0.2, 0.25) is 0 Å². The Morgan fingerprint density at radius 3 is 2.64 bits per heavy atom. The normalized spacial score (nSPS) is 16.9. The van der Waals surface area contributed by atoms with Gasteiger partial charge in [0.25, 0.3) is 5.56 Å². The molecule has 1 N–H and O–H groups in total. The highest BCUT2D eigenvalue weighted by atomic mass is 19.1. The number of benzene rings is 1. The van der Waals surface area contributed by atoms with Gasteiger partial charge in [0.15, 0.2) is 17.3 Å². The lowest BCUT2D eigenvalue weighted by Crippen LogP contribution is -2.43. The second kappa shape index (κ2) is 9.44. The number of pyridine rings is 2. The van der Waals surface area contributed by atoms with Crippen LogP contribution in [-0.2, 0) is 13.1 Å². The minimum absolute atomic E-state index is 0.315. The molecule has 0 unspecified atom stereocenters. The van der Waals surface area contributed by atoms with Gasteiger partial charge in [0.2, 0.25) is 0 Å². The van der Waals surface area contributed by atoms with Crippen molar-refractivity contribution < 1.29 is 18.3 Å². The molecule has 1 aromatic carbocycles. The van der Waals surface area contributed by atoms with Crippen molar-refractivity contribution in [2.75, 3.05) is 32.8 Å². The first-order chi connectivity index (χ1) is 16.1. The van der Waals surface area contributed by atoms with Crippen LogP contribution in [0.5, 0.6) is 11.5 Å². The summed E-state index contributed by atoms with van der Waals surface area (Å²) < 4.78 is 40.3. The lowest BCUT2D eigenvalue weighted by molar-refractivity contribution is 0.170. The molecule has 3 aromatic rings. The number of piperidine rings is 1. The van der Waals surface area contributed by atoms with Crippen molar-refractivity contribution in [1.82, 2.24) is 19.8 Å². The maximum Gasteiger partial charge on any atom is 0.287 e. The molecule has 33 heavy (non-hydrogen) atoms. The van der Waals surface area contributed by atoms with E-state index in [4.69, 9.17) is 9.47 Å². The van der Waals surface area contributed by atoms with Gasteiger partial charge in [-0.1, -0.05) is 0 Å². The molecule has 2 aliphatic heterocycles. The lowest BCUT2D eigenvalue weighted by Gasteiger charge is -2.32. The first-order valence-corrected chi connectivity index (χ1v) is 11.3. The summed E-state index contributed by atoms with van der Waals surface area (Å²) in [6.07, 6.45) is 3.62. The third-order valence-corrected chi connectivity index (χ3v) is 6.30. The topological polar surface area (TPSA) is 68.6 Å². The van der Waals surface area contributed by atoms with E-state index in [9.17, 15) is 13.6 Å². The first-order valence-electron chi connectivity index (χ1n) is 11.3. The van der Waals surface area contributed by atoms with Crippen LogP contribution in [0.25, 0.3) is 10.9 Å². The molecule has 0 aliphatic carbocycles. The van der Waals surface area contributed by atoms with Crippen LogP contribution in [0.3, 0.4) is 0 Å². The fraction of sp³-hybridized carbons (Fsp3) is 0.417. The maximum absolute atomic E-state index is 14.1. The average molecular weight is 456 g/mol. The van der Waals surface area contributed by atoms with Crippen LogP contribution < -0.4 is 20.3 Å². The largest absolute Gasteiger partial charge is 0.486 e. The smallest absolute Gasteiger partial charge is 0.287 e. The second-order valence-electron chi connectivity index (χ2n) is 8.47. The highest BCUT2D eigenvalue weighted by Gasteiger charge is 2.20. The molecule has 9 heteroatoms. The Morgan fingerprint density at radius 2 is 1.82 bits per heavy atom. The third kappa shape index (κ3) is 4.84. The standard InChI is InChI=1S/C24H26F2N4O3/c25-17-2-1-16-11-20(26)24(31)30(21(16)12-17)8-7-29-5-3-18(4-6-29)27-14-19-13-22-23(15-28-19)33-10-9-32-22/h1-2,11-13,15,18,27H,3-10,14H2. The molecule has 0 amide bonds. The zero-order valence-electron chi connectivity index (χ0n) is 18.2. The average Bonchev–Trinajstić information content (AvgIpc) is 2.84. The molecule has 5 rings (SSSR count). The molecule has 0 spiro atoms. The molecule has 1 saturated heterocycles. The van der Waals surface area contributed by atoms with Crippen molar-refractivity contribution >= 4 is 10.9 Å². The summed E-state index contributed by atoms with van der Waals surface area (Å²) >= 11 is 0. The number of nitrogens with one attached hydrogen (secondary N) is 1. The summed E-state index contributed by atoms with van der Waals surface area (Å²) in [5, 5.41) is 4.07. The lowest BCUT2D eigenvalue weighted by atomic mass is 10.0. The molecule has 0 atom stereocenters. The van der Waals surface area contributed by atoms with E-state index in [2.05, 4.69) is 15.2 Å². The van der Waals surface area contributed by atoms with Crippen LogP contribution in [-0.4, -0.2) is 53.3 Å². The van der Waals surface area contributed by atoms with E-state index in [1.165, 1.54) is 28.8 Å². The highest BCUT2D eigenvalue weighted by molar-refractivity contribution is 5.79. The first kappa shape index (κ1) is 21.8. The van der Waals surface area contributed by atoms with Gasteiger partial charge in [-0.05, 0) is 50.2 Å². The van der Waals surface area contributed by atoms with Crippen LogP contribution in [0, 0.1) is 11.6 Å². The Balaban J connectivity index is 1.15. The van der Waals surface area contributed by atoms with Gasteiger partial charge in [-0.25, -0.2) is 8.78 Å². The van der Waals surface area contributed by atoms with E-state index in [1.807, 2.05) is 6.07 Å². The number of hydrogen-bond acceptors (Lipinski definition) is 6. The fourth-order valence-corrected chi connectivity index (χ4v) is 4.47. The Kier molecular flexibility index (Phi) is 6.24. The van der Waals surface area contributed by atoms with Crippen LogP contribution in [0.4, 0.5) is 8.78 Å². The van der Waals surface area contributed by atoms with Crippen molar-refractivity contribution in [3.8, 4) is 11.5 Å². The summed E-state index contributed by atoms with van der Waals surface area (Å²) in [5.41, 5.74) is 0.618. The van der Waals surface area contributed by atoms with Crippen LogP contribution in [0.15, 0.2) is 41.3 Å². The van der Waals surface area contributed by atoms with Crippen LogP contribution in [0.1, 0.15) is 18.5 Å². The van der Waals surface area contributed by atoms with Crippen molar-refractivity contribution in [3.05, 3.63) is 64.2 Å². The quantitative estimate of drug-likeness (QED) is 0.615. The van der Waals surface area contributed by atoms with E-state index >= 15 is 0 Å². The minimum atomic E-state index is -0.815. The number of rotatable bonds is 6. The zero-order valence-corrected chi connectivity index (χ0v) is 18.2. The van der Waals surface area contributed by atoms with E-state index < -0.39 is 17.2 Å². The Bertz CT molecular complexity index is 1210. The Morgan fingerprint density at radius 1 is 1.03 bits per heavy atom. The summed E-state index contributed by atoms with van der Waals surface area (Å²) in [6, 6.07) is 7.51. The molecule has 2 aromatic heterocycles. The predicted octanol–water partition coefficient (Wildman–Crippen LogP) is 2.70. The van der Waals surface area contributed by atoms with Gasteiger partial charge in [0, 0.05) is 37.1 Å². The SMILES string of the molecule is O=c1c(F)cc2ccc(F)cc2n1CCN1CCC(NCc2cc3c(cn2)OCCO3)CC1. The number of nitrogens with zero attached hydrogens (tertiary/aromatic N) is 3. The molecule has 0 bridgehead atoms. The fourth-order valence-electron chi connectivity index (χ4n) is 4.47. The van der Waals surface area contributed by atoms with Gasteiger partial charge in [-0.3, -0.25) is 9.78 Å². The van der Waals surface area contributed by atoms with E-state index in [-0.39, 0.29) is 0 Å². The molecule has 0 saturated carbocycles. The number of fused-ring (bicyclic) bond motifs is 2. The van der Waals surface area contributed by atoms with Crippen molar-refractivity contribution in [1.29, 1.82) is 0 Å². The number of ether oxygens (including phenoxy) is 2. The molecular weight excluding hydrogens is 430 g/mol. The monoisotopic (exact) mass is 456 g/mol. The second-order valence-corrected chi connectivity index (χ2v) is 8.47. The summed E-state index contributed by atoms with van der Waals surface area (Å²) in [4.78, 5) is 19.0. The number of aromatic nitrogens is 2. The highest BCUT2D eigenvalue weighted by Crippen LogP contribution is 2.29. The van der Waals surface area contributed by atoms with Crippen molar-refractivity contribution in [3.63, 3.8) is 0 Å². The third-order valence-electron chi connectivity index (χ3n) is 6.30. The zero-order chi connectivity index (χ0) is 22.8. The van der Waals surface area contributed by atoms with Crippen molar-refractivity contribution in [2.24, 2.45) is 0 Å².